The number of aromatic nitrogens is 3. The van der Waals surface area contributed by atoms with Crippen molar-refractivity contribution in [3.63, 3.8) is 0 Å². The van der Waals surface area contributed by atoms with Crippen LogP contribution < -0.4 is 20.3 Å². The molecule has 33 heavy (non-hydrogen) atoms. The molecule has 0 aliphatic carbocycles. The number of piperidine rings is 1. The summed E-state index contributed by atoms with van der Waals surface area (Å²) in [6, 6.07) is 16.5. The molecule has 0 radical (unpaired) electrons. The molecule has 2 aliphatic heterocycles. The minimum Gasteiger partial charge on any atom is -0.490 e. The summed E-state index contributed by atoms with van der Waals surface area (Å²) in [6.07, 6.45) is 5.91. The van der Waals surface area contributed by atoms with E-state index in [9.17, 15) is 4.79 Å². The van der Waals surface area contributed by atoms with Gasteiger partial charge in [-0.1, -0.05) is 24.3 Å². The third-order valence-corrected chi connectivity index (χ3v) is 6.42. The Morgan fingerprint density at radius 1 is 1.00 bits per heavy atom. The van der Waals surface area contributed by atoms with Crippen molar-refractivity contribution in [2.45, 2.75) is 57.7 Å². The maximum atomic E-state index is 11.5. The first-order valence-electron chi connectivity index (χ1n) is 11.4. The summed E-state index contributed by atoms with van der Waals surface area (Å²) in [5.74, 6) is 2.02. The molecule has 2 atom stereocenters. The van der Waals surface area contributed by atoms with E-state index in [1.165, 1.54) is 6.92 Å². The standard InChI is InChI=1S/C25H28N6O2/c1-16-22(28-17(2)32)9-6-10-23(16)29-24-26-15-27-25(30-24)31-18-11-12-19(31)14-21(13-18)33-20-7-4-3-5-8-20/h3-10,15,18-19,21H,11-14H2,1-2H3,(H,28,32)(H,26,27,29,30). The molecule has 2 aromatic carbocycles. The highest BCUT2D eigenvalue weighted by molar-refractivity contribution is 5.90. The van der Waals surface area contributed by atoms with E-state index in [0.29, 0.717) is 24.0 Å². The van der Waals surface area contributed by atoms with Gasteiger partial charge in [0, 0.05) is 43.2 Å². The van der Waals surface area contributed by atoms with Gasteiger partial charge in [0.15, 0.2) is 0 Å². The van der Waals surface area contributed by atoms with Crippen LogP contribution in [0.5, 0.6) is 5.75 Å². The first-order chi connectivity index (χ1) is 16.1. The molecule has 1 aromatic heterocycles. The lowest BCUT2D eigenvalue weighted by Gasteiger charge is -2.38. The van der Waals surface area contributed by atoms with Crippen LogP contribution in [0.1, 0.15) is 38.2 Å². The van der Waals surface area contributed by atoms with Gasteiger partial charge in [-0.2, -0.15) is 4.98 Å². The number of hydrogen-bond donors (Lipinski definition) is 2. The van der Waals surface area contributed by atoms with Gasteiger partial charge in [-0.15, -0.1) is 0 Å². The Hall–Kier alpha value is -3.68. The summed E-state index contributed by atoms with van der Waals surface area (Å²) >= 11 is 0. The van der Waals surface area contributed by atoms with Crippen LogP contribution >= 0.6 is 0 Å². The van der Waals surface area contributed by atoms with Crippen LogP contribution in [0.3, 0.4) is 0 Å². The zero-order valence-electron chi connectivity index (χ0n) is 18.9. The quantitative estimate of drug-likeness (QED) is 0.580. The zero-order valence-corrected chi connectivity index (χ0v) is 18.9. The topological polar surface area (TPSA) is 92.3 Å². The molecule has 2 fully saturated rings. The molecule has 2 N–H and O–H groups in total. The largest absolute Gasteiger partial charge is 0.490 e. The maximum absolute atomic E-state index is 11.5. The Morgan fingerprint density at radius 2 is 1.73 bits per heavy atom. The van der Waals surface area contributed by atoms with Crippen LogP contribution in [0.15, 0.2) is 54.9 Å². The molecule has 8 nitrogen and oxygen atoms in total. The molecule has 2 aliphatic rings. The van der Waals surface area contributed by atoms with E-state index >= 15 is 0 Å². The van der Waals surface area contributed by atoms with Crippen molar-refractivity contribution in [1.29, 1.82) is 0 Å². The lowest BCUT2D eigenvalue weighted by atomic mass is 10.00. The molecular formula is C25H28N6O2. The maximum Gasteiger partial charge on any atom is 0.232 e. The number of rotatable bonds is 6. The molecule has 3 aromatic rings. The third-order valence-electron chi connectivity index (χ3n) is 6.42. The lowest BCUT2D eigenvalue weighted by molar-refractivity contribution is -0.114. The molecule has 170 valence electrons. The van der Waals surface area contributed by atoms with E-state index in [0.717, 1.165) is 48.4 Å². The minimum atomic E-state index is -0.104. The SMILES string of the molecule is CC(=O)Nc1cccc(Nc2ncnc(N3C4CCC3CC(Oc3ccccc3)C4)n2)c1C. The van der Waals surface area contributed by atoms with Gasteiger partial charge in [-0.25, -0.2) is 9.97 Å². The van der Waals surface area contributed by atoms with Gasteiger partial charge >= 0.3 is 0 Å². The van der Waals surface area contributed by atoms with E-state index in [4.69, 9.17) is 9.72 Å². The highest BCUT2D eigenvalue weighted by Gasteiger charge is 2.43. The average Bonchev–Trinajstić information content (AvgIpc) is 3.07. The number of para-hydroxylation sites is 1. The first kappa shape index (κ1) is 21.2. The number of fused-ring (bicyclic) bond motifs is 2. The number of carbonyl (C=O) groups excluding carboxylic acids is 1. The van der Waals surface area contributed by atoms with Gasteiger partial charge in [0.1, 0.15) is 18.2 Å². The summed E-state index contributed by atoms with van der Waals surface area (Å²) in [4.78, 5) is 27.4. The summed E-state index contributed by atoms with van der Waals surface area (Å²) in [5, 5.41) is 6.14. The van der Waals surface area contributed by atoms with E-state index in [2.05, 4.69) is 25.5 Å². The normalized spacial score (nSPS) is 21.5. The van der Waals surface area contributed by atoms with Crippen LogP contribution in [-0.4, -0.2) is 39.0 Å². The number of nitrogens with zero attached hydrogens (tertiary/aromatic N) is 4. The zero-order chi connectivity index (χ0) is 22.8. The number of carbonyl (C=O) groups is 1. The summed E-state index contributed by atoms with van der Waals surface area (Å²) < 4.78 is 6.25. The lowest BCUT2D eigenvalue weighted by Crippen LogP contribution is -2.47. The van der Waals surface area contributed by atoms with Crippen LogP contribution in [0, 0.1) is 6.92 Å². The second-order valence-corrected chi connectivity index (χ2v) is 8.71. The van der Waals surface area contributed by atoms with Gasteiger partial charge in [0.05, 0.1) is 0 Å². The van der Waals surface area contributed by atoms with Crippen LogP contribution in [-0.2, 0) is 4.79 Å². The van der Waals surface area contributed by atoms with Crippen molar-refractivity contribution >= 4 is 29.2 Å². The fraction of sp³-hybridized carbons (Fsp3) is 0.360. The molecular weight excluding hydrogens is 416 g/mol. The van der Waals surface area contributed by atoms with E-state index in [-0.39, 0.29) is 12.0 Å². The minimum absolute atomic E-state index is 0.104. The number of hydrogen-bond acceptors (Lipinski definition) is 7. The van der Waals surface area contributed by atoms with E-state index in [1.54, 1.807) is 6.33 Å². The first-order valence-corrected chi connectivity index (χ1v) is 11.4. The predicted octanol–water partition coefficient (Wildman–Crippen LogP) is 4.46. The van der Waals surface area contributed by atoms with Gasteiger partial charge < -0.3 is 20.3 Å². The predicted molar refractivity (Wildman–Crippen MR) is 128 cm³/mol. The molecule has 8 heteroatoms. The van der Waals surface area contributed by atoms with Crippen LogP contribution in [0.25, 0.3) is 0 Å². The molecule has 0 spiro atoms. The number of benzene rings is 2. The van der Waals surface area contributed by atoms with Crippen molar-refractivity contribution in [2.24, 2.45) is 0 Å². The van der Waals surface area contributed by atoms with Crippen molar-refractivity contribution in [3.8, 4) is 5.75 Å². The van der Waals surface area contributed by atoms with Gasteiger partial charge in [-0.3, -0.25) is 4.79 Å². The van der Waals surface area contributed by atoms with E-state index < -0.39 is 0 Å². The highest BCUT2D eigenvalue weighted by Crippen LogP contribution is 2.39. The second kappa shape index (κ2) is 9.05. The molecule has 2 bridgehead atoms. The molecule has 3 heterocycles. The molecule has 0 saturated carbocycles. The fourth-order valence-corrected chi connectivity index (χ4v) is 4.93. The van der Waals surface area contributed by atoms with Gasteiger partial charge in [0.25, 0.3) is 0 Å². The second-order valence-electron chi connectivity index (χ2n) is 8.71. The summed E-state index contributed by atoms with van der Waals surface area (Å²) in [5.41, 5.74) is 2.53. The number of anilines is 4. The summed E-state index contributed by atoms with van der Waals surface area (Å²) in [6.45, 7) is 3.45. The Kier molecular flexibility index (Phi) is 5.81. The monoisotopic (exact) mass is 444 g/mol. The Bertz CT molecular complexity index is 1120. The third kappa shape index (κ3) is 4.60. The number of nitrogens with one attached hydrogen (secondary N) is 2. The molecule has 2 unspecified atom stereocenters. The van der Waals surface area contributed by atoms with Crippen LogP contribution in [0.4, 0.5) is 23.3 Å². The molecule has 1 amide bonds. The number of ether oxygens (including phenoxy) is 1. The van der Waals surface area contributed by atoms with Crippen molar-refractivity contribution in [2.75, 3.05) is 15.5 Å². The fourth-order valence-electron chi connectivity index (χ4n) is 4.93. The Labute approximate surface area is 193 Å². The van der Waals surface area contributed by atoms with Gasteiger partial charge in [0.2, 0.25) is 17.8 Å². The smallest absolute Gasteiger partial charge is 0.232 e. The highest BCUT2D eigenvalue weighted by atomic mass is 16.5. The van der Waals surface area contributed by atoms with Crippen LogP contribution in [0.2, 0.25) is 0 Å². The average molecular weight is 445 g/mol. The van der Waals surface area contributed by atoms with Crippen molar-refractivity contribution in [3.05, 3.63) is 60.4 Å². The number of amides is 1. The van der Waals surface area contributed by atoms with Gasteiger partial charge in [-0.05, 0) is 49.6 Å². The van der Waals surface area contributed by atoms with Crippen molar-refractivity contribution in [1.82, 2.24) is 15.0 Å². The summed E-state index contributed by atoms with van der Waals surface area (Å²) in [7, 11) is 0. The molecule has 2 saturated heterocycles. The van der Waals surface area contributed by atoms with Crippen molar-refractivity contribution < 1.29 is 9.53 Å². The molecule has 5 rings (SSSR count). The Balaban J connectivity index is 1.31. The Morgan fingerprint density at radius 3 is 2.45 bits per heavy atom. The van der Waals surface area contributed by atoms with E-state index in [1.807, 2.05) is 55.5 Å².